The van der Waals surface area contributed by atoms with Gasteiger partial charge in [0.1, 0.15) is 10.8 Å². The average molecular weight is 252 g/mol. The van der Waals surface area contributed by atoms with Gasteiger partial charge < -0.3 is 16.4 Å². The Balaban J connectivity index is 1.63. The maximum Gasteiger partial charge on any atom is 0.220 e. The molecule has 17 heavy (non-hydrogen) atoms. The third-order valence-corrected chi connectivity index (χ3v) is 4.17. The fourth-order valence-corrected chi connectivity index (χ4v) is 3.06. The minimum atomic E-state index is 0.156. The van der Waals surface area contributed by atoms with E-state index in [0.29, 0.717) is 18.2 Å². The molecule has 1 saturated carbocycles. The smallest absolute Gasteiger partial charge is 0.220 e. The van der Waals surface area contributed by atoms with Crippen LogP contribution in [0, 0.1) is 0 Å². The minimum absolute atomic E-state index is 0.156. The first-order valence-electron chi connectivity index (χ1n) is 6.02. The first-order chi connectivity index (χ1) is 8.24. The molecule has 1 unspecified atom stereocenters. The van der Waals surface area contributed by atoms with Gasteiger partial charge in [-0.3, -0.25) is 4.79 Å². The molecule has 1 atom stereocenters. The number of amides is 1. The molecule has 2 aliphatic rings. The number of carbonyl (C=O) groups excluding carboxylic acids is 1. The lowest BCUT2D eigenvalue weighted by atomic mass is 10.2. The van der Waals surface area contributed by atoms with E-state index in [1.807, 2.05) is 0 Å². The van der Waals surface area contributed by atoms with Crippen molar-refractivity contribution in [2.45, 2.75) is 37.6 Å². The fourth-order valence-electron chi connectivity index (χ4n) is 2.25. The number of nitrogens with zero attached hydrogens (tertiary/aromatic N) is 1. The highest BCUT2D eigenvalue weighted by atomic mass is 32.1. The summed E-state index contributed by atoms with van der Waals surface area (Å²) >= 11 is 1.43. The Kier molecular flexibility index (Phi) is 2.66. The van der Waals surface area contributed by atoms with Crippen molar-refractivity contribution in [1.82, 2.24) is 9.69 Å². The normalized spacial score (nSPS) is 23.8. The van der Waals surface area contributed by atoms with Crippen LogP contribution in [0.2, 0.25) is 0 Å². The number of hydrogen-bond acceptors (Lipinski definition) is 5. The van der Waals surface area contributed by atoms with Gasteiger partial charge >= 0.3 is 0 Å². The highest BCUT2D eigenvalue weighted by Gasteiger charge is 2.31. The Morgan fingerprint density at radius 1 is 1.47 bits per heavy atom. The second-order valence-electron chi connectivity index (χ2n) is 4.77. The minimum Gasteiger partial charge on any atom is -0.383 e. The molecule has 0 radical (unpaired) electrons. The number of aromatic nitrogens is 1. The van der Waals surface area contributed by atoms with Gasteiger partial charge in [0.05, 0.1) is 0 Å². The molecule has 1 saturated heterocycles. The van der Waals surface area contributed by atoms with E-state index in [4.69, 9.17) is 5.73 Å². The fraction of sp³-hybridized carbons (Fsp3) is 0.636. The largest absolute Gasteiger partial charge is 0.383 e. The van der Waals surface area contributed by atoms with Gasteiger partial charge in [0.2, 0.25) is 5.91 Å². The number of anilines is 2. The lowest BCUT2D eigenvalue weighted by Gasteiger charge is -2.12. The van der Waals surface area contributed by atoms with Crippen molar-refractivity contribution in [3.05, 3.63) is 5.56 Å². The number of nitrogens with two attached hydrogens (primary N) is 1. The second kappa shape index (κ2) is 4.18. The summed E-state index contributed by atoms with van der Waals surface area (Å²) in [5.74, 6) is 1.44. The summed E-state index contributed by atoms with van der Waals surface area (Å²) in [6.07, 6.45) is 4.00. The summed E-state index contributed by atoms with van der Waals surface area (Å²) < 4.78 is 4.21. The topological polar surface area (TPSA) is 80.0 Å². The molecule has 5 nitrogen and oxygen atoms in total. The van der Waals surface area contributed by atoms with E-state index >= 15 is 0 Å². The average Bonchev–Trinajstić information content (AvgIpc) is 2.95. The van der Waals surface area contributed by atoms with Gasteiger partial charge in [0.15, 0.2) is 0 Å². The summed E-state index contributed by atoms with van der Waals surface area (Å²) in [6, 6.07) is 0.248. The van der Waals surface area contributed by atoms with Crippen molar-refractivity contribution in [3.8, 4) is 0 Å². The zero-order valence-corrected chi connectivity index (χ0v) is 10.3. The van der Waals surface area contributed by atoms with E-state index in [0.717, 1.165) is 18.0 Å². The van der Waals surface area contributed by atoms with Gasteiger partial charge in [-0.1, -0.05) is 0 Å². The third-order valence-electron chi connectivity index (χ3n) is 3.34. The van der Waals surface area contributed by atoms with Crippen molar-refractivity contribution in [2.75, 3.05) is 17.6 Å². The monoisotopic (exact) mass is 252 g/mol. The van der Waals surface area contributed by atoms with Crippen LogP contribution in [-0.2, 0) is 4.79 Å². The molecule has 1 aliphatic carbocycles. The van der Waals surface area contributed by atoms with E-state index in [1.54, 1.807) is 0 Å². The predicted octanol–water partition coefficient (Wildman–Crippen LogP) is 1.29. The van der Waals surface area contributed by atoms with E-state index in [2.05, 4.69) is 15.0 Å². The van der Waals surface area contributed by atoms with E-state index in [1.165, 1.54) is 29.9 Å². The summed E-state index contributed by atoms with van der Waals surface area (Å²) in [6.45, 7) is 0.771. The highest BCUT2D eigenvalue weighted by Crippen LogP contribution is 2.47. The standard InChI is InChI=1S/C11H16N4OS/c12-10-9(6-1-2-6)11(17-15-10)13-5-7-3-4-8(16)14-7/h6-7,13H,1-5H2,(H2,12,15)(H,14,16). The maximum absolute atomic E-state index is 11.1. The van der Waals surface area contributed by atoms with Crippen molar-refractivity contribution in [3.63, 3.8) is 0 Å². The zero-order valence-electron chi connectivity index (χ0n) is 9.53. The predicted molar refractivity (Wildman–Crippen MR) is 68.2 cm³/mol. The quantitative estimate of drug-likeness (QED) is 0.754. The molecule has 3 rings (SSSR count). The van der Waals surface area contributed by atoms with Crippen LogP contribution < -0.4 is 16.4 Å². The maximum atomic E-state index is 11.1. The summed E-state index contributed by atoms with van der Waals surface area (Å²) in [7, 11) is 0. The molecule has 0 bridgehead atoms. The molecule has 0 aromatic carbocycles. The van der Waals surface area contributed by atoms with Crippen LogP contribution in [0.5, 0.6) is 0 Å². The summed E-state index contributed by atoms with van der Waals surface area (Å²) in [5.41, 5.74) is 7.07. The molecule has 2 fully saturated rings. The molecular weight excluding hydrogens is 236 g/mol. The molecule has 1 aromatic rings. The molecule has 2 heterocycles. The van der Waals surface area contributed by atoms with Gasteiger partial charge in [-0.25, -0.2) is 0 Å². The van der Waals surface area contributed by atoms with Gasteiger partial charge in [-0.05, 0) is 36.7 Å². The van der Waals surface area contributed by atoms with Crippen LogP contribution in [0.4, 0.5) is 10.8 Å². The number of nitrogen functional groups attached to an aromatic ring is 1. The van der Waals surface area contributed by atoms with Gasteiger partial charge in [0, 0.05) is 24.6 Å². The number of hydrogen-bond donors (Lipinski definition) is 3. The SMILES string of the molecule is Nc1nsc(NCC2CCC(=O)N2)c1C1CC1. The van der Waals surface area contributed by atoms with Gasteiger partial charge in [0.25, 0.3) is 0 Å². The lowest BCUT2D eigenvalue weighted by Crippen LogP contribution is -2.31. The molecule has 92 valence electrons. The first-order valence-corrected chi connectivity index (χ1v) is 6.79. The Bertz CT molecular complexity index is 441. The van der Waals surface area contributed by atoms with Crippen LogP contribution in [0.3, 0.4) is 0 Å². The van der Waals surface area contributed by atoms with Gasteiger partial charge in [-0.2, -0.15) is 4.37 Å². The van der Waals surface area contributed by atoms with Gasteiger partial charge in [-0.15, -0.1) is 0 Å². The number of carbonyl (C=O) groups is 1. The van der Waals surface area contributed by atoms with E-state index < -0.39 is 0 Å². The van der Waals surface area contributed by atoms with Crippen LogP contribution >= 0.6 is 11.5 Å². The first kappa shape index (κ1) is 10.8. The highest BCUT2D eigenvalue weighted by molar-refractivity contribution is 7.10. The van der Waals surface area contributed by atoms with E-state index in [9.17, 15) is 4.79 Å². The molecule has 1 aromatic heterocycles. The lowest BCUT2D eigenvalue weighted by molar-refractivity contribution is -0.119. The van der Waals surface area contributed by atoms with Crippen molar-refractivity contribution >= 4 is 28.3 Å². The zero-order chi connectivity index (χ0) is 11.8. The molecule has 6 heteroatoms. The Morgan fingerprint density at radius 2 is 2.29 bits per heavy atom. The number of nitrogens with one attached hydrogen (secondary N) is 2. The molecule has 0 spiro atoms. The molecular formula is C11H16N4OS. The third kappa shape index (κ3) is 2.22. The molecule has 4 N–H and O–H groups in total. The van der Waals surface area contributed by atoms with Crippen LogP contribution in [0.25, 0.3) is 0 Å². The van der Waals surface area contributed by atoms with Crippen LogP contribution in [0.1, 0.15) is 37.2 Å². The Labute approximate surface area is 104 Å². The van der Waals surface area contributed by atoms with Crippen molar-refractivity contribution < 1.29 is 4.79 Å². The van der Waals surface area contributed by atoms with Crippen molar-refractivity contribution in [2.24, 2.45) is 0 Å². The summed E-state index contributed by atoms with van der Waals surface area (Å²) in [4.78, 5) is 11.1. The van der Waals surface area contributed by atoms with E-state index in [-0.39, 0.29) is 11.9 Å². The van der Waals surface area contributed by atoms with Crippen LogP contribution in [0.15, 0.2) is 0 Å². The molecule has 1 aliphatic heterocycles. The van der Waals surface area contributed by atoms with Crippen molar-refractivity contribution in [1.29, 1.82) is 0 Å². The summed E-state index contributed by atoms with van der Waals surface area (Å²) in [5, 5.41) is 7.41. The number of rotatable bonds is 4. The Hall–Kier alpha value is -1.30. The van der Waals surface area contributed by atoms with Crippen LogP contribution in [-0.4, -0.2) is 22.9 Å². The molecule has 1 amide bonds. The second-order valence-corrected chi connectivity index (χ2v) is 5.54. The Morgan fingerprint density at radius 3 is 2.94 bits per heavy atom.